The van der Waals surface area contributed by atoms with Crippen molar-refractivity contribution in [3.8, 4) is 5.75 Å². The van der Waals surface area contributed by atoms with Crippen LogP contribution in [0.1, 0.15) is 21.9 Å². The standard InChI is InChI=1S/C20H18O3S/c1-15-7-13-19(14-8-15)24(22,23)20(16-5-3-2-4-6-16)17-9-11-18(21)12-10-17/h2-14,20-21H,1H3. The Morgan fingerprint density at radius 1 is 0.750 bits per heavy atom. The van der Waals surface area contributed by atoms with Crippen molar-refractivity contribution in [1.82, 2.24) is 0 Å². The van der Waals surface area contributed by atoms with E-state index < -0.39 is 15.1 Å². The zero-order chi connectivity index (χ0) is 17.2. The minimum Gasteiger partial charge on any atom is -0.508 e. The summed E-state index contributed by atoms with van der Waals surface area (Å²) in [5.74, 6) is 0.110. The van der Waals surface area contributed by atoms with Gasteiger partial charge in [-0.05, 0) is 42.3 Å². The molecule has 1 atom stereocenters. The van der Waals surface area contributed by atoms with Crippen LogP contribution in [-0.4, -0.2) is 13.5 Å². The van der Waals surface area contributed by atoms with Gasteiger partial charge in [0.15, 0.2) is 9.84 Å². The largest absolute Gasteiger partial charge is 0.508 e. The van der Waals surface area contributed by atoms with Crippen molar-refractivity contribution < 1.29 is 13.5 Å². The smallest absolute Gasteiger partial charge is 0.189 e. The highest BCUT2D eigenvalue weighted by molar-refractivity contribution is 7.91. The van der Waals surface area contributed by atoms with Gasteiger partial charge in [-0.1, -0.05) is 60.2 Å². The number of aromatic hydroxyl groups is 1. The Hall–Kier alpha value is -2.59. The first-order chi connectivity index (χ1) is 11.5. The zero-order valence-electron chi connectivity index (χ0n) is 13.3. The fourth-order valence-electron chi connectivity index (χ4n) is 2.69. The summed E-state index contributed by atoms with van der Waals surface area (Å²) in [5.41, 5.74) is 2.33. The highest BCUT2D eigenvalue weighted by Crippen LogP contribution is 2.35. The van der Waals surface area contributed by atoms with Crippen molar-refractivity contribution in [2.24, 2.45) is 0 Å². The van der Waals surface area contributed by atoms with E-state index >= 15 is 0 Å². The maximum absolute atomic E-state index is 13.3. The van der Waals surface area contributed by atoms with E-state index in [0.29, 0.717) is 11.1 Å². The maximum Gasteiger partial charge on any atom is 0.189 e. The predicted molar refractivity (Wildman–Crippen MR) is 94.8 cm³/mol. The van der Waals surface area contributed by atoms with Crippen LogP contribution in [0.2, 0.25) is 0 Å². The van der Waals surface area contributed by atoms with Crippen molar-refractivity contribution in [3.05, 3.63) is 95.6 Å². The summed E-state index contributed by atoms with van der Waals surface area (Å²) in [7, 11) is -3.62. The summed E-state index contributed by atoms with van der Waals surface area (Å²) in [5, 5.41) is 8.69. The minimum atomic E-state index is -3.62. The van der Waals surface area contributed by atoms with Crippen LogP contribution < -0.4 is 0 Å². The van der Waals surface area contributed by atoms with Gasteiger partial charge in [0.05, 0.1) is 4.90 Å². The monoisotopic (exact) mass is 338 g/mol. The Labute approximate surface area is 142 Å². The van der Waals surface area contributed by atoms with Crippen LogP contribution in [0.5, 0.6) is 5.75 Å². The average molecular weight is 338 g/mol. The lowest BCUT2D eigenvalue weighted by molar-refractivity contribution is 0.475. The molecular formula is C20H18O3S. The van der Waals surface area contributed by atoms with Crippen LogP contribution in [0, 0.1) is 6.92 Å². The number of benzene rings is 3. The molecule has 0 radical (unpaired) electrons. The van der Waals surface area contributed by atoms with Gasteiger partial charge in [-0.3, -0.25) is 0 Å². The molecule has 3 aromatic rings. The van der Waals surface area contributed by atoms with Crippen LogP contribution in [0.25, 0.3) is 0 Å². The molecular weight excluding hydrogens is 320 g/mol. The van der Waals surface area contributed by atoms with Crippen molar-refractivity contribution in [2.45, 2.75) is 17.1 Å². The molecule has 0 aromatic heterocycles. The van der Waals surface area contributed by atoms with E-state index in [1.165, 1.54) is 12.1 Å². The molecule has 3 rings (SSSR count). The van der Waals surface area contributed by atoms with Crippen LogP contribution in [0.3, 0.4) is 0 Å². The lowest BCUT2D eigenvalue weighted by Gasteiger charge is -2.19. The third-order valence-electron chi connectivity index (χ3n) is 3.96. The number of phenols is 1. The average Bonchev–Trinajstić information content (AvgIpc) is 2.58. The molecule has 0 aliphatic carbocycles. The Morgan fingerprint density at radius 3 is 1.88 bits per heavy atom. The summed E-state index contributed by atoms with van der Waals surface area (Å²) in [6.45, 7) is 1.92. The highest BCUT2D eigenvalue weighted by atomic mass is 32.2. The normalized spacial score (nSPS) is 12.7. The van der Waals surface area contributed by atoms with E-state index in [-0.39, 0.29) is 10.6 Å². The number of hydrogen-bond donors (Lipinski definition) is 1. The fraction of sp³-hybridized carbons (Fsp3) is 0.100. The van der Waals surface area contributed by atoms with Gasteiger partial charge in [-0.25, -0.2) is 8.42 Å². The molecule has 1 N–H and O–H groups in total. The first-order valence-corrected chi connectivity index (χ1v) is 9.17. The van der Waals surface area contributed by atoms with Crippen molar-refractivity contribution >= 4 is 9.84 Å². The predicted octanol–water partition coefficient (Wildman–Crippen LogP) is 4.26. The first kappa shape index (κ1) is 16.3. The van der Waals surface area contributed by atoms with E-state index in [0.717, 1.165) is 5.56 Å². The summed E-state index contributed by atoms with van der Waals surface area (Å²) in [6.07, 6.45) is 0. The number of phenolic OH excluding ortho intramolecular Hbond substituents is 1. The molecule has 0 saturated carbocycles. The summed E-state index contributed by atoms with van der Waals surface area (Å²) >= 11 is 0. The molecule has 0 aliphatic heterocycles. The van der Waals surface area contributed by atoms with Gasteiger partial charge in [-0.15, -0.1) is 0 Å². The van der Waals surface area contributed by atoms with Crippen molar-refractivity contribution in [2.75, 3.05) is 0 Å². The Kier molecular flexibility index (Phi) is 4.40. The second-order valence-electron chi connectivity index (χ2n) is 5.74. The van der Waals surface area contributed by atoms with Gasteiger partial charge < -0.3 is 5.11 Å². The van der Waals surface area contributed by atoms with Crippen LogP contribution in [-0.2, 0) is 9.84 Å². The first-order valence-electron chi connectivity index (χ1n) is 7.63. The quantitative estimate of drug-likeness (QED) is 0.773. The van der Waals surface area contributed by atoms with Crippen molar-refractivity contribution in [3.63, 3.8) is 0 Å². The molecule has 0 bridgehead atoms. The van der Waals surface area contributed by atoms with E-state index in [1.54, 1.807) is 36.4 Å². The highest BCUT2D eigenvalue weighted by Gasteiger charge is 2.30. The molecule has 0 heterocycles. The summed E-state index contributed by atoms with van der Waals surface area (Å²) in [6, 6.07) is 22.3. The topological polar surface area (TPSA) is 54.4 Å². The minimum absolute atomic E-state index is 0.110. The Bertz CT molecular complexity index is 913. The Balaban J connectivity index is 2.17. The molecule has 3 nitrogen and oxygen atoms in total. The van der Waals surface area contributed by atoms with E-state index in [9.17, 15) is 13.5 Å². The summed E-state index contributed by atoms with van der Waals surface area (Å²) in [4.78, 5) is 0.287. The van der Waals surface area contributed by atoms with E-state index in [2.05, 4.69) is 0 Å². The molecule has 0 fully saturated rings. The molecule has 1 unspecified atom stereocenters. The van der Waals surface area contributed by atoms with Gasteiger partial charge in [-0.2, -0.15) is 0 Å². The van der Waals surface area contributed by atoms with E-state index in [4.69, 9.17) is 0 Å². The molecule has 122 valence electrons. The number of sulfone groups is 1. The van der Waals surface area contributed by atoms with Gasteiger partial charge >= 0.3 is 0 Å². The molecule has 4 heteroatoms. The Morgan fingerprint density at radius 2 is 1.29 bits per heavy atom. The SMILES string of the molecule is Cc1ccc(S(=O)(=O)C(c2ccccc2)c2ccc(O)cc2)cc1. The number of rotatable bonds is 4. The van der Waals surface area contributed by atoms with Gasteiger partial charge in [0.25, 0.3) is 0 Å². The number of aryl methyl sites for hydroxylation is 1. The molecule has 0 amide bonds. The third-order valence-corrected chi connectivity index (χ3v) is 6.05. The second-order valence-corrected chi connectivity index (χ2v) is 7.77. The molecule has 24 heavy (non-hydrogen) atoms. The van der Waals surface area contributed by atoms with Gasteiger partial charge in [0.1, 0.15) is 11.0 Å². The van der Waals surface area contributed by atoms with Crippen molar-refractivity contribution in [1.29, 1.82) is 0 Å². The third kappa shape index (κ3) is 3.19. The fourth-order valence-corrected chi connectivity index (χ4v) is 4.51. The summed E-state index contributed by atoms with van der Waals surface area (Å²) < 4.78 is 26.5. The second kappa shape index (κ2) is 6.49. The molecule has 0 spiro atoms. The van der Waals surface area contributed by atoms with Crippen LogP contribution >= 0.6 is 0 Å². The van der Waals surface area contributed by atoms with E-state index in [1.807, 2.05) is 37.3 Å². The van der Waals surface area contributed by atoms with Gasteiger partial charge in [0.2, 0.25) is 0 Å². The molecule has 3 aromatic carbocycles. The molecule has 0 aliphatic rings. The number of hydrogen-bond acceptors (Lipinski definition) is 3. The lowest BCUT2D eigenvalue weighted by Crippen LogP contribution is -2.15. The molecule has 0 saturated heterocycles. The van der Waals surface area contributed by atoms with Crippen LogP contribution in [0.15, 0.2) is 83.8 Å². The lowest BCUT2D eigenvalue weighted by atomic mass is 10.0. The van der Waals surface area contributed by atoms with Crippen LogP contribution in [0.4, 0.5) is 0 Å². The van der Waals surface area contributed by atoms with Gasteiger partial charge in [0, 0.05) is 0 Å². The maximum atomic E-state index is 13.3. The zero-order valence-corrected chi connectivity index (χ0v) is 14.1.